The van der Waals surface area contributed by atoms with E-state index in [9.17, 15) is 4.39 Å². The minimum Gasteiger partial charge on any atom is -0.492 e. The number of ether oxygens (including phenoxy) is 2. The second-order valence-corrected chi connectivity index (χ2v) is 3.55. The van der Waals surface area contributed by atoms with Gasteiger partial charge in [0.15, 0.2) is 11.5 Å². The van der Waals surface area contributed by atoms with Crippen LogP contribution in [0, 0.1) is 5.82 Å². The maximum atomic E-state index is 13.5. The van der Waals surface area contributed by atoms with Crippen LogP contribution < -0.4 is 15.4 Å². The largest absolute Gasteiger partial charge is 0.492 e. The minimum absolute atomic E-state index is 0.0847. The number of rotatable bonds is 4. The molecule has 15 heavy (non-hydrogen) atoms. The molecule has 84 valence electrons. The summed E-state index contributed by atoms with van der Waals surface area (Å²) in [6.07, 6.45) is 0. The van der Waals surface area contributed by atoms with E-state index in [0.29, 0.717) is 10.2 Å². The molecular formula is C9H11BrFNO3. The first-order chi connectivity index (χ1) is 7.15. The van der Waals surface area contributed by atoms with Crippen LogP contribution >= 0.6 is 15.9 Å². The summed E-state index contributed by atoms with van der Waals surface area (Å²) in [5, 5.41) is 0. The van der Waals surface area contributed by atoms with Crippen molar-refractivity contribution in [3.63, 3.8) is 0 Å². The quantitative estimate of drug-likeness (QED) is 0.857. The van der Waals surface area contributed by atoms with E-state index in [4.69, 9.17) is 15.4 Å². The fourth-order valence-electron chi connectivity index (χ4n) is 1.24. The molecule has 1 aromatic carbocycles. The van der Waals surface area contributed by atoms with Crippen LogP contribution in [0.25, 0.3) is 0 Å². The monoisotopic (exact) mass is 279 g/mol. The molecule has 0 aromatic heterocycles. The summed E-state index contributed by atoms with van der Waals surface area (Å²) in [7, 11) is 2.89. The Hall–Kier alpha value is -0.850. The van der Waals surface area contributed by atoms with Crippen molar-refractivity contribution in [3.8, 4) is 11.5 Å². The van der Waals surface area contributed by atoms with Gasteiger partial charge in [0.05, 0.1) is 30.9 Å². The summed E-state index contributed by atoms with van der Waals surface area (Å²) in [5.41, 5.74) is 0.222. The van der Waals surface area contributed by atoms with Crippen molar-refractivity contribution in [1.82, 2.24) is 0 Å². The lowest BCUT2D eigenvalue weighted by Crippen LogP contribution is -2.05. The van der Waals surface area contributed by atoms with Crippen molar-refractivity contribution in [3.05, 3.63) is 21.9 Å². The average molecular weight is 280 g/mol. The van der Waals surface area contributed by atoms with Gasteiger partial charge in [-0.05, 0) is 22.0 Å². The molecule has 0 atom stereocenters. The highest BCUT2D eigenvalue weighted by molar-refractivity contribution is 9.10. The van der Waals surface area contributed by atoms with Crippen LogP contribution in [0.2, 0.25) is 0 Å². The van der Waals surface area contributed by atoms with Crippen LogP contribution in [-0.4, -0.2) is 14.2 Å². The normalized spacial score (nSPS) is 10.2. The molecule has 0 unspecified atom stereocenters. The van der Waals surface area contributed by atoms with Gasteiger partial charge in [0.25, 0.3) is 0 Å². The fraction of sp³-hybridized carbons (Fsp3) is 0.333. The third-order valence-corrected chi connectivity index (χ3v) is 2.46. The molecule has 0 bridgehead atoms. The molecule has 0 saturated heterocycles. The number of nitrogens with two attached hydrogens (primary N) is 1. The van der Waals surface area contributed by atoms with Crippen LogP contribution in [0.3, 0.4) is 0 Å². The second-order valence-electron chi connectivity index (χ2n) is 2.70. The summed E-state index contributed by atoms with van der Waals surface area (Å²) in [6.45, 7) is -0.0847. The number of halogens is 2. The number of methoxy groups -OCH3 is 2. The third kappa shape index (κ3) is 2.39. The molecule has 1 rings (SSSR count). The molecule has 0 aliphatic rings. The van der Waals surface area contributed by atoms with Gasteiger partial charge in [0.1, 0.15) is 5.82 Å². The fourth-order valence-corrected chi connectivity index (χ4v) is 1.78. The number of hydrogen-bond acceptors (Lipinski definition) is 4. The Balaban J connectivity index is 3.35. The Morgan fingerprint density at radius 2 is 1.93 bits per heavy atom. The van der Waals surface area contributed by atoms with Crippen molar-refractivity contribution in [2.75, 3.05) is 14.2 Å². The van der Waals surface area contributed by atoms with E-state index in [-0.39, 0.29) is 17.9 Å². The Labute approximate surface area is 95.2 Å². The topological polar surface area (TPSA) is 53.7 Å². The van der Waals surface area contributed by atoms with Crippen LogP contribution in [0.1, 0.15) is 5.56 Å². The lowest BCUT2D eigenvalue weighted by molar-refractivity contribution is 0.119. The number of benzene rings is 1. The van der Waals surface area contributed by atoms with Crippen LogP contribution in [0.4, 0.5) is 4.39 Å². The van der Waals surface area contributed by atoms with Crippen molar-refractivity contribution in [2.45, 2.75) is 6.61 Å². The van der Waals surface area contributed by atoms with Gasteiger partial charge >= 0.3 is 0 Å². The van der Waals surface area contributed by atoms with Gasteiger partial charge in [-0.2, -0.15) is 0 Å². The van der Waals surface area contributed by atoms with Gasteiger partial charge in [-0.1, -0.05) is 0 Å². The zero-order valence-corrected chi connectivity index (χ0v) is 9.93. The standard InChI is InChI=1S/C9H11BrFNO3/c1-13-8-5(4-15-12)7(11)3-6(10)9(8)14-2/h3H,4,12H2,1-2H3. The first-order valence-corrected chi connectivity index (χ1v) is 4.85. The van der Waals surface area contributed by atoms with Gasteiger partial charge in [-0.25, -0.2) is 10.3 Å². The van der Waals surface area contributed by atoms with Gasteiger partial charge in [0, 0.05) is 0 Å². The molecule has 1 aromatic rings. The molecule has 0 aliphatic heterocycles. The summed E-state index contributed by atoms with van der Waals surface area (Å²) in [4.78, 5) is 4.40. The Bertz CT molecular complexity index is 360. The first kappa shape index (κ1) is 12.2. The second kappa shape index (κ2) is 5.29. The molecule has 0 aliphatic carbocycles. The van der Waals surface area contributed by atoms with Crippen molar-refractivity contribution < 1.29 is 18.7 Å². The zero-order valence-electron chi connectivity index (χ0n) is 8.34. The van der Waals surface area contributed by atoms with E-state index in [1.54, 1.807) is 0 Å². The van der Waals surface area contributed by atoms with Gasteiger partial charge in [0.2, 0.25) is 0 Å². The summed E-state index contributed by atoms with van der Waals surface area (Å²) < 4.78 is 24.1. The Morgan fingerprint density at radius 1 is 1.33 bits per heavy atom. The van der Waals surface area contributed by atoms with E-state index in [0.717, 1.165) is 0 Å². The van der Waals surface area contributed by atoms with E-state index in [1.165, 1.54) is 20.3 Å². The SMILES string of the molecule is COc1c(Br)cc(F)c(CON)c1OC. The molecule has 6 heteroatoms. The summed E-state index contributed by atoms with van der Waals surface area (Å²) in [5.74, 6) is 5.12. The molecule has 0 fully saturated rings. The van der Waals surface area contributed by atoms with Crippen molar-refractivity contribution in [2.24, 2.45) is 5.90 Å². The predicted molar refractivity (Wildman–Crippen MR) is 56.2 cm³/mol. The maximum Gasteiger partial charge on any atom is 0.175 e. The van der Waals surface area contributed by atoms with Gasteiger partial charge < -0.3 is 9.47 Å². The molecule has 0 heterocycles. The van der Waals surface area contributed by atoms with Gasteiger partial charge in [-0.15, -0.1) is 0 Å². The molecule has 0 amide bonds. The van der Waals surface area contributed by atoms with Crippen LogP contribution in [0.15, 0.2) is 10.5 Å². The third-order valence-electron chi connectivity index (χ3n) is 1.87. The van der Waals surface area contributed by atoms with Gasteiger partial charge in [-0.3, -0.25) is 4.84 Å². The van der Waals surface area contributed by atoms with Crippen LogP contribution in [0.5, 0.6) is 11.5 Å². The highest BCUT2D eigenvalue weighted by Crippen LogP contribution is 2.39. The Kier molecular flexibility index (Phi) is 4.31. The molecular weight excluding hydrogens is 269 g/mol. The molecule has 0 radical (unpaired) electrons. The van der Waals surface area contributed by atoms with E-state index < -0.39 is 5.82 Å². The highest BCUT2D eigenvalue weighted by Gasteiger charge is 2.18. The van der Waals surface area contributed by atoms with E-state index >= 15 is 0 Å². The average Bonchev–Trinajstić information content (AvgIpc) is 2.21. The van der Waals surface area contributed by atoms with Crippen molar-refractivity contribution >= 4 is 15.9 Å². The van der Waals surface area contributed by atoms with Crippen molar-refractivity contribution in [1.29, 1.82) is 0 Å². The maximum absolute atomic E-state index is 13.5. The van der Waals surface area contributed by atoms with E-state index in [1.807, 2.05) is 0 Å². The molecule has 0 spiro atoms. The smallest absolute Gasteiger partial charge is 0.175 e. The highest BCUT2D eigenvalue weighted by atomic mass is 79.9. The number of hydrogen-bond donors (Lipinski definition) is 1. The molecule has 0 saturated carbocycles. The van der Waals surface area contributed by atoms with E-state index in [2.05, 4.69) is 20.8 Å². The summed E-state index contributed by atoms with van der Waals surface area (Å²) in [6, 6.07) is 1.27. The lowest BCUT2D eigenvalue weighted by Gasteiger charge is -2.14. The summed E-state index contributed by atoms with van der Waals surface area (Å²) >= 11 is 3.17. The Morgan fingerprint density at radius 3 is 2.40 bits per heavy atom. The molecule has 4 nitrogen and oxygen atoms in total. The zero-order chi connectivity index (χ0) is 11.4. The predicted octanol–water partition coefficient (Wildman–Crippen LogP) is 2.00. The lowest BCUT2D eigenvalue weighted by atomic mass is 10.2. The first-order valence-electron chi connectivity index (χ1n) is 4.06. The van der Waals surface area contributed by atoms with Crippen LogP contribution in [-0.2, 0) is 11.4 Å². The molecule has 2 N–H and O–H groups in total. The minimum atomic E-state index is -0.468.